The summed E-state index contributed by atoms with van der Waals surface area (Å²) >= 11 is 1.40. The van der Waals surface area contributed by atoms with Gasteiger partial charge in [-0.2, -0.15) is 5.10 Å². The number of hydrogen-bond donors (Lipinski definition) is 1. The summed E-state index contributed by atoms with van der Waals surface area (Å²) in [5, 5.41) is 8.29. The van der Waals surface area contributed by atoms with Gasteiger partial charge in [0.05, 0.1) is 6.21 Å². The maximum atomic E-state index is 13.2. The number of rotatable bonds is 7. The van der Waals surface area contributed by atoms with Gasteiger partial charge in [0.15, 0.2) is 22.6 Å². The average molecular weight is 429 g/mol. The van der Waals surface area contributed by atoms with Crippen LogP contribution >= 0.6 is 11.8 Å². The Morgan fingerprint density at radius 1 is 0.933 bits per heavy atom. The predicted molar refractivity (Wildman–Crippen MR) is 114 cm³/mol. The summed E-state index contributed by atoms with van der Waals surface area (Å²) < 4.78 is 44.7. The topological polar surface area (TPSA) is 60.0 Å². The lowest BCUT2D eigenvalue weighted by atomic mass is 10.1. The van der Waals surface area contributed by atoms with Gasteiger partial charge in [-0.25, -0.2) is 13.2 Å². The molecule has 3 rings (SSSR count). The van der Waals surface area contributed by atoms with Crippen molar-refractivity contribution in [1.82, 2.24) is 0 Å². The van der Waals surface area contributed by atoms with Gasteiger partial charge in [0, 0.05) is 17.9 Å². The Morgan fingerprint density at radius 2 is 1.60 bits per heavy atom. The largest absolute Gasteiger partial charge is 0.489 e. The van der Waals surface area contributed by atoms with E-state index in [-0.39, 0.29) is 12.4 Å². The van der Waals surface area contributed by atoms with Crippen LogP contribution in [-0.2, 0) is 12.4 Å². The number of ether oxygens (including phenoxy) is 1. The second kappa shape index (κ2) is 10.5. The molecule has 2 N–H and O–H groups in total. The Bertz CT molecular complexity index is 1020. The van der Waals surface area contributed by atoms with Gasteiger partial charge in [-0.05, 0) is 16.7 Å². The molecule has 0 amide bonds. The number of benzene rings is 3. The van der Waals surface area contributed by atoms with Crippen LogP contribution < -0.4 is 10.5 Å². The van der Waals surface area contributed by atoms with E-state index in [4.69, 9.17) is 10.5 Å². The molecule has 3 aromatic rings. The fourth-order valence-corrected chi connectivity index (χ4v) is 3.01. The molecule has 0 saturated carbocycles. The minimum Gasteiger partial charge on any atom is -0.489 e. The van der Waals surface area contributed by atoms with Crippen LogP contribution in [-0.4, -0.2) is 11.4 Å². The molecule has 0 aliphatic carbocycles. The van der Waals surface area contributed by atoms with Crippen LogP contribution in [0.2, 0.25) is 0 Å². The molecule has 0 heterocycles. The van der Waals surface area contributed by atoms with Crippen molar-refractivity contribution in [1.29, 1.82) is 0 Å². The molecule has 4 nitrogen and oxygen atoms in total. The average Bonchev–Trinajstić information content (AvgIpc) is 2.76. The van der Waals surface area contributed by atoms with Crippen molar-refractivity contribution in [2.45, 2.75) is 12.4 Å². The van der Waals surface area contributed by atoms with E-state index in [1.165, 1.54) is 11.8 Å². The standard InChI is InChI=1S/C22H18F3N3OS/c23-19-10-18(11-20(24)21(19)25)29-13-16-8-6-15(7-9-16)12-27-28-22(26)30-14-17-4-2-1-3-5-17/h1-12H,13-14H2,(H2,26,28). The van der Waals surface area contributed by atoms with E-state index in [9.17, 15) is 13.2 Å². The van der Waals surface area contributed by atoms with Crippen molar-refractivity contribution < 1.29 is 17.9 Å². The molecule has 0 aliphatic heterocycles. The first-order valence-corrected chi connectivity index (χ1v) is 9.89. The number of nitrogens with two attached hydrogens (primary N) is 1. The van der Waals surface area contributed by atoms with Gasteiger partial charge < -0.3 is 10.5 Å². The zero-order valence-electron chi connectivity index (χ0n) is 15.8. The Hall–Kier alpha value is -3.26. The van der Waals surface area contributed by atoms with Gasteiger partial charge in [-0.15, -0.1) is 5.10 Å². The number of amidine groups is 1. The molecule has 3 aromatic carbocycles. The van der Waals surface area contributed by atoms with Gasteiger partial charge in [-0.3, -0.25) is 0 Å². The van der Waals surface area contributed by atoms with E-state index in [2.05, 4.69) is 10.2 Å². The maximum Gasteiger partial charge on any atom is 0.194 e. The number of halogens is 3. The zero-order chi connectivity index (χ0) is 21.3. The maximum absolute atomic E-state index is 13.2. The van der Waals surface area contributed by atoms with E-state index in [0.29, 0.717) is 10.9 Å². The van der Waals surface area contributed by atoms with Gasteiger partial charge in [0.2, 0.25) is 0 Å². The molecule has 0 aliphatic rings. The molecule has 0 bridgehead atoms. The van der Waals surface area contributed by atoms with Crippen molar-refractivity contribution in [2.24, 2.45) is 15.9 Å². The van der Waals surface area contributed by atoms with Gasteiger partial charge in [0.1, 0.15) is 12.4 Å². The predicted octanol–water partition coefficient (Wildman–Crippen LogP) is 5.26. The van der Waals surface area contributed by atoms with Crippen LogP contribution in [0.3, 0.4) is 0 Å². The molecular formula is C22H18F3N3OS. The summed E-state index contributed by atoms with van der Waals surface area (Å²) in [6.45, 7) is 0.0726. The van der Waals surface area contributed by atoms with E-state index in [1.807, 2.05) is 30.3 Å². The van der Waals surface area contributed by atoms with E-state index >= 15 is 0 Å². The lowest BCUT2D eigenvalue weighted by Crippen LogP contribution is -2.06. The van der Waals surface area contributed by atoms with Gasteiger partial charge in [0.25, 0.3) is 0 Å². The van der Waals surface area contributed by atoms with Crippen molar-refractivity contribution in [2.75, 3.05) is 0 Å². The van der Waals surface area contributed by atoms with Gasteiger partial charge >= 0.3 is 0 Å². The molecule has 8 heteroatoms. The highest BCUT2D eigenvalue weighted by atomic mass is 32.2. The molecule has 0 radical (unpaired) electrons. The van der Waals surface area contributed by atoms with Crippen LogP contribution in [0, 0.1) is 17.5 Å². The molecular weight excluding hydrogens is 411 g/mol. The third kappa shape index (κ3) is 6.38. The molecule has 0 fully saturated rings. The quantitative estimate of drug-likeness (QED) is 0.241. The molecule has 0 spiro atoms. The van der Waals surface area contributed by atoms with Crippen LogP contribution in [0.25, 0.3) is 0 Å². The summed E-state index contributed by atoms with van der Waals surface area (Å²) in [6.07, 6.45) is 1.56. The van der Waals surface area contributed by atoms with Crippen molar-refractivity contribution in [3.63, 3.8) is 0 Å². The molecule has 0 saturated heterocycles. The number of hydrogen-bond acceptors (Lipinski definition) is 4. The smallest absolute Gasteiger partial charge is 0.194 e. The monoisotopic (exact) mass is 429 g/mol. The van der Waals surface area contributed by atoms with Crippen LogP contribution in [0.1, 0.15) is 16.7 Å². The number of nitrogens with zero attached hydrogens (tertiary/aromatic N) is 2. The molecule has 0 unspecified atom stereocenters. The summed E-state index contributed by atoms with van der Waals surface area (Å²) in [4.78, 5) is 0. The summed E-state index contributed by atoms with van der Waals surface area (Å²) in [6, 6.07) is 18.6. The van der Waals surface area contributed by atoms with Crippen LogP contribution in [0.5, 0.6) is 5.75 Å². The molecule has 154 valence electrons. The SMILES string of the molecule is NC(=NN=Cc1ccc(COc2cc(F)c(F)c(F)c2)cc1)SCc1ccccc1. The second-order valence-corrected chi connectivity index (χ2v) is 7.18. The molecule has 0 atom stereocenters. The van der Waals surface area contributed by atoms with E-state index in [0.717, 1.165) is 28.8 Å². The van der Waals surface area contributed by atoms with Gasteiger partial charge in [-0.1, -0.05) is 66.4 Å². The van der Waals surface area contributed by atoms with Crippen molar-refractivity contribution in [3.8, 4) is 5.75 Å². The van der Waals surface area contributed by atoms with Crippen LogP contribution in [0.4, 0.5) is 13.2 Å². The summed E-state index contributed by atoms with van der Waals surface area (Å²) in [5.74, 6) is -3.48. The fourth-order valence-electron chi connectivity index (χ4n) is 2.40. The third-order valence-electron chi connectivity index (χ3n) is 3.94. The molecule has 30 heavy (non-hydrogen) atoms. The first-order chi connectivity index (χ1) is 14.5. The Morgan fingerprint density at radius 3 is 2.27 bits per heavy atom. The first kappa shape index (κ1) is 21.4. The van der Waals surface area contributed by atoms with E-state index in [1.54, 1.807) is 30.5 Å². The first-order valence-electron chi connectivity index (χ1n) is 8.91. The van der Waals surface area contributed by atoms with Crippen molar-refractivity contribution >= 4 is 23.1 Å². The molecule has 0 aromatic heterocycles. The summed E-state index contributed by atoms with van der Waals surface area (Å²) in [7, 11) is 0. The third-order valence-corrected chi connectivity index (χ3v) is 4.79. The summed E-state index contributed by atoms with van der Waals surface area (Å²) in [5.41, 5.74) is 8.54. The fraction of sp³-hybridized carbons (Fsp3) is 0.0909. The normalized spacial score (nSPS) is 11.8. The highest BCUT2D eigenvalue weighted by Gasteiger charge is 2.11. The Kier molecular flexibility index (Phi) is 7.51. The zero-order valence-corrected chi connectivity index (χ0v) is 16.6. The minimum atomic E-state index is -1.52. The highest BCUT2D eigenvalue weighted by molar-refractivity contribution is 8.13. The Balaban J connectivity index is 1.50. The second-order valence-electron chi connectivity index (χ2n) is 6.19. The minimum absolute atomic E-state index is 0.0726. The lowest BCUT2D eigenvalue weighted by Gasteiger charge is -2.07. The Labute approximate surface area is 176 Å². The highest BCUT2D eigenvalue weighted by Crippen LogP contribution is 2.20. The van der Waals surface area contributed by atoms with Crippen molar-refractivity contribution in [3.05, 3.63) is 101 Å². The van der Waals surface area contributed by atoms with E-state index < -0.39 is 17.5 Å². The number of thioether (sulfide) groups is 1. The van der Waals surface area contributed by atoms with Crippen LogP contribution in [0.15, 0.2) is 76.9 Å². The lowest BCUT2D eigenvalue weighted by molar-refractivity contribution is 0.299.